The van der Waals surface area contributed by atoms with E-state index in [2.05, 4.69) is 10.6 Å². The first-order valence-corrected chi connectivity index (χ1v) is 5.74. The van der Waals surface area contributed by atoms with Gasteiger partial charge in [0.15, 0.2) is 0 Å². The van der Waals surface area contributed by atoms with Crippen LogP contribution in [0.2, 0.25) is 0 Å². The van der Waals surface area contributed by atoms with E-state index >= 15 is 0 Å². The third-order valence-corrected chi connectivity index (χ3v) is 3.73. The van der Waals surface area contributed by atoms with E-state index in [0.29, 0.717) is 0 Å². The molecule has 1 saturated heterocycles. The minimum absolute atomic E-state index is 0.294. The first-order valence-electron chi connectivity index (χ1n) is 5.74. The Bertz CT molecular complexity index is 312. The highest BCUT2D eigenvalue weighted by molar-refractivity contribution is 5.03. The molecule has 0 bridgehead atoms. The number of rotatable bonds is 0. The molecule has 1 heterocycles. The lowest BCUT2D eigenvalue weighted by Gasteiger charge is -2.39. The summed E-state index contributed by atoms with van der Waals surface area (Å²) in [6.07, 6.45) is -10.7. The molecule has 1 saturated carbocycles. The molecule has 2 rings (SSSR count). The van der Waals surface area contributed by atoms with Crippen LogP contribution in [0.15, 0.2) is 0 Å². The number of halogens is 6. The van der Waals surface area contributed by atoms with E-state index in [1.165, 1.54) is 0 Å². The first kappa shape index (κ1) is 13.9. The summed E-state index contributed by atoms with van der Waals surface area (Å²) < 4.78 is 76.4. The maximum Gasteiger partial charge on any atom is 0.393 e. The third-order valence-electron chi connectivity index (χ3n) is 3.73. The molecule has 1 aliphatic heterocycles. The average Bonchev–Trinajstić information content (AvgIpc) is 2.52. The molecule has 2 aliphatic rings. The van der Waals surface area contributed by atoms with Crippen molar-refractivity contribution in [2.75, 3.05) is 0 Å². The van der Waals surface area contributed by atoms with Crippen molar-refractivity contribution in [2.24, 2.45) is 11.8 Å². The van der Waals surface area contributed by atoms with Gasteiger partial charge in [-0.2, -0.15) is 26.3 Å². The summed E-state index contributed by atoms with van der Waals surface area (Å²) in [4.78, 5) is 0. The highest BCUT2D eigenvalue weighted by Crippen LogP contribution is 2.46. The summed E-state index contributed by atoms with van der Waals surface area (Å²) in [5.74, 6) is -3.83. The van der Waals surface area contributed by atoms with Gasteiger partial charge >= 0.3 is 12.4 Å². The minimum atomic E-state index is -4.61. The molecular formula is C10H14F6N2. The Balaban J connectivity index is 2.22. The fraction of sp³-hybridized carbons (Fsp3) is 1.00. The molecule has 2 N–H and O–H groups in total. The van der Waals surface area contributed by atoms with Crippen LogP contribution in [-0.2, 0) is 0 Å². The highest BCUT2D eigenvalue weighted by atomic mass is 19.4. The Morgan fingerprint density at radius 2 is 1.50 bits per heavy atom. The second-order valence-corrected chi connectivity index (χ2v) is 5.05. The van der Waals surface area contributed by atoms with Crippen molar-refractivity contribution in [2.45, 2.75) is 50.4 Å². The Labute approximate surface area is 100 Å². The summed E-state index contributed by atoms with van der Waals surface area (Å²) >= 11 is 0. The van der Waals surface area contributed by atoms with Gasteiger partial charge in [0.25, 0.3) is 0 Å². The van der Waals surface area contributed by atoms with Crippen LogP contribution in [0.25, 0.3) is 0 Å². The number of fused-ring (bicyclic) bond motifs is 1. The largest absolute Gasteiger partial charge is 0.393 e. The van der Waals surface area contributed by atoms with Crippen molar-refractivity contribution in [3.8, 4) is 0 Å². The molecule has 1 aliphatic carbocycles. The van der Waals surface area contributed by atoms with E-state index < -0.39 is 48.9 Å². The second kappa shape index (κ2) is 4.26. The Morgan fingerprint density at radius 3 is 2.00 bits per heavy atom. The zero-order valence-electron chi connectivity index (χ0n) is 9.57. The molecule has 2 nitrogen and oxygen atoms in total. The van der Waals surface area contributed by atoms with Gasteiger partial charge in [-0.05, 0) is 19.8 Å². The topological polar surface area (TPSA) is 24.1 Å². The van der Waals surface area contributed by atoms with Crippen molar-refractivity contribution >= 4 is 0 Å². The summed E-state index contributed by atoms with van der Waals surface area (Å²) in [6.45, 7) is 1.61. The average molecular weight is 276 g/mol. The van der Waals surface area contributed by atoms with Gasteiger partial charge in [0.2, 0.25) is 0 Å². The van der Waals surface area contributed by atoms with E-state index in [1.54, 1.807) is 6.92 Å². The van der Waals surface area contributed by atoms with Crippen LogP contribution >= 0.6 is 0 Å². The highest BCUT2D eigenvalue weighted by Gasteiger charge is 2.57. The zero-order chi connectivity index (χ0) is 13.7. The molecular weight excluding hydrogens is 262 g/mol. The molecule has 0 aromatic rings. The molecule has 106 valence electrons. The maximum atomic E-state index is 12.8. The van der Waals surface area contributed by atoms with E-state index in [9.17, 15) is 26.3 Å². The van der Waals surface area contributed by atoms with Gasteiger partial charge in [-0.3, -0.25) is 10.6 Å². The lowest BCUT2D eigenvalue weighted by molar-refractivity contribution is -0.228. The molecule has 2 fully saturated rings. The number of nitrogens with one attached hydrogen (secondary N) is 2. The van der Waals surface area contributed by atoms with Gasteiger partial charge in [-0.25, -0.2) is 0 Å². The number of hydrogen-bond acceptors (Lipinski definition) is 2. The summed E-state index contributed by atoms with van der Waals surface area (Å²) in [7, 11) is 0. The summed E-state index contributed by atoms with van der Waals surface area (Å²) in [5.41, 5.74) is 0. The SMILES string of the molecule is CC1NC2CC(C(F)(F)F)CC(C(F)(F)F)C2N1. The number of hydrogen-bond donors (Lipinski definition) is 2. The van der Waals surface area contributed by atoms with Crippen LogP contribution in [-0.4, -0.2) is 30.6 Å². The summed E-state index contributed by atoms with van der Waals surface area (Å²) in [5, 5.41) is 5.43. The molecule has 5 atom stereocenters. The molecule has 0 amide bonds. The Morgan fingerprint density at radius 1 is 0.889 bits per heavy atom. The smallest absolute Gasteiger partial charge is 0.298 e. The fourth-order valence-corrected chi connectivity index (χ4v) is 2.95. The van der Waals surface area contributed by atoms with Gasteiger partial charge in [0.1, 0.15) is 0 Å². The van der Waals surface area contributed by atoms with Crippen molar-refractivity contribution in [1.29, 1.82) is 0 Å². The molecule has 5 unspecified atom stereocenters. The van der Waals surface area contributed by atoms with Crippen LogP contribution in [0.4, 0.5) is 26.3 Å². The van der Waals surface area contributed by atoms with Gasteiger partial charge in [0, 0.05) is 12.1 Å². The standard InChI is InChI=1S/C10H14F6N2/c1-4-17-7-3-5(9(11,12)13)2-6(8(7)18-4)10(14,15)16/h4-8,17-18H,2-3H2,1H3. The van der Waals surface area contributed by atoms with Crippen LogP contribution in [0, 0.1) is 11.8 Å². The first-order chi connectivity index (χ1) is 8.09. The van der Waals surface area contributed by atoms with Crippen molar-refractivity contribution in [1.82, 2.24) is 10.6 Å². The number of alkyl halides is 6. The maximum absolute atomic E-state index is 12.8. The molecule has 8 heteroatoms. The molecule has 18 heavy (non-hydrogen) atoms. The third kappa shape index (κ3) is 2.59. The Kier molecular flexibility index (Phi) is 3.30. The normalized spacial score (nSPS) is 41.8. The van der Waals surface area contributed by atoms with E-state index in [1.807, 2.05) is 0 Å². The van der Waals surface area contributed by atoms with E-state index in [0.717, 1.165) is 0 Å². The van der Waals surface area contributed by atoms with Crippen LogP contribution in [0.1, 0.15) is 19.8 Å². The Hall–Kier alpha value is -0.500. The van der Waals surface area contributed by atoms with E-state index in [-0.39, 0.29) is 6.42 Å². The van der Waals surface area contributed by atoms with E-state index in [4.69, 9.17) is 0 Å². The molecule has 0 aromatic carbocycles. The molecule has 0 spiro atoms. The summed E-state index contributed by atoms with van der Waals surface area (Å²) in [6, 6.07) is -1.73. The molecule has 0 radical (unpaired) electrons. The fourth-order valence-electron chi connectivity index (χ4n) is 2.95. The lowest BCUT2D eigenvalue weighted by Crippen LogP contribution is -2.53. The lowest BCUT2D eigenvalue weighted by atomic mass is 9.75. The second-order valence-electron chi connectivity index (χ2n) is 5.05. The van der Waals surface area contributed by atoms with Crippen molar-refractivity contribution in [3.05, 3.63) is 0 Å². The monoisotopic (exact) mass is 276 g/mol. The molecule has 0 aromatic heterocycles. The van der Waals surface area contributed by atoms with Crippen LogP contribution < -0.4 is 10.6 Å². The zero-order valence-corrected chi connectivity index (χ0v) is 9.57. The van der Waals surface area contributed by atoms with Crippen molar-refractivity contribution in [3.63, 3.8) is 0 Å². The van der Waals surface area contributed by atoms with Gasteiger partial charge in [0.05, 0.1) is 18.0 Å². The van der Waals surface area contributed by atoms with Crippen LogP contribution in [0.3, 0.4) is 0 Å². The predicted octanol–water partition coefficient (Wildman–Crippen LogP) is 2.41. The predicted molar refractivity (Wildman–Crippen MR) is 51.6 cm³/mol. The van der Waals surface area contributed by atoms with Crippen molar-refractivity contribution < 1.29 is 26.3 Å². The minimum Gasteiger partial charge on any atom is -0.298 e. The quantitative estimate of drug-likeness (QED) is 0.664. The van der Waals surface area contributed by atoms with Crippen LogP contribution in [0.5, 0.6) is 0 Å². The van der Waals surface area contributed by atoms with Gasteiger partial charge in [-0.1, -0.05) is 0 Å². The van der Waals surface area contributed by atoms with Gasteiger partial charge in [-0.15, -0.1) is 0 Å². The van der Waals surface area contributed by atoms with Gasteiger partial charge < -0.3 is 0 Å².